The molecule has 0 atom stereocenters. The standard InChI is InChI=1S/C64H43N/c1-63(2)55-28-13-12-27-52(55)62-60(63)32-17-33-61(62)65(40-34-36-48-46-22-6-5-20-44(46)42-18-3-4-19-43(42)45-21-7-8-23-47(45)53(48)38-40)41-35-37-59-54(39-41)51-26-11-16-31-58(51)64(59)56-29-14-9-24-49(56)50-25-10-15-30-57(50)64/h3-39H,1-2H3. The zero-order valence-corrected chi connectivity index (χ0v) is 36.3. The van der Waals surface area contributed by atoms with E-state index in [1.54, 1.807) is 0 Å². The average molecular weight is 826 g/mol. The van der Waals surface area contributed by atoms with E-state index in [-0.39, 0.29) is 5.41 Å². The first-order chi connectivity index (χ1) is 32.0. The molecular formula is C64H43N. The molecule has 1 heteroatoms. The highest BCUT2D eigenvalue weighted by molar-refractivity contribution is 6.05. The summed E-state index contributed by atoms with van der Waals surface area (Å²) in [7, 11) is 0. The molecule has 0 bridgehead atoms. The van der Waals surface area contributed by atoms with E-state index < -0.39 is 5.41 Å². The highest BCUT2D eigenvalue weighted by Crippen LogP contribution is 2.64. The number of fused-ring (bicyclic) bond motifs is 21. The third-order valence-corrected chi connectivity index (χ3v) is 15.3. The Morgan fingerprint density at radius 3 is 1.14 bits per heavy atom. The first kappa shape index (κ1) is 36.5. The second-order valence-electron chi connectivity index (χ2n) is 18.7. The molecule has 0 aromatic heterocycles. The van der Waals surface area contributed by atoms with Gasteiger partial charge < -0.3 is 4.90 Å². The Hall–Kier alpha value is -8.00. The Kier molecular flexibility index (Phi) is 7.45. The first-order valence-electron chi connectivity index (χ1n) is 22.9. The lowest BCUT2D eigenvalue weighted by atomic mass is 9.70. The summed E-state index contributed by atoms with van der Waals surface area (Å²) in [5, 5.41) is 0. The van der Waals surface area contributed by atoms with E-state index in [0.29, 0.717) is 0 Å². The summed E-state index contributed by atoms with van der Waals surface area (Å²) in [4.78, 5) is 2.56. The van der Waals surface area contributed by atoms with Crippen molar-refractivity contribution in [3.63, 3.8) is 0 Å². The molecule has 0 fully saturated rings. The van der Waals surface area contributed by atoms with Gasteiger partial charge in [-0.25, -0.2) is 0 Å². The molecule has 14 rings (SSSR count). The van der Waals surface area contributed by atoms with Crippen LogP contribution in [-0.4, -0.2) is 0 Å². The molecule has 0 amide bonds. The quantitative estimate of drug-likeness (QED) is 0.172. The topological polar surface area (TPSA) is 3.24 Å². The number of anilines is 3. The fraction of sp³-hybridized carbons (Fsp3) is 0.0625. The van der Waals surface area contributed by atoms with E-state index in [1.807, 2.05) is 0 Å². The number of hydrogen-bond acceptors (Lipinski definition) is 1. The van der Waals surface area contributed by atoms with Crippen molar-refractivity contribution in [2.24, 2.45) is 0 Å². The first-order valence-corrected chi connectivity index (χ1v) is 22.9. The van der Waals surface area contributed by atoms with Crippen LogP contribution in [0.2, 0.25) is 0 Å². The van der Waals surface area contributed by atoms with Crippen LogP contribution >= 0.6 is 0 Å². The molecule has 10 aromatic rings. The number of nitrogens with zero attached hydrogens (tertiary/aromatic N) is 1. The minimum Gasteiger partial charge on any atom is -0.310 e. The fourth-order valence-electron chi connectivity index (χ4n) is 12.6. The van der Waals surface area contributed by atoms with Crippen LogP contribution in [0, 0.1) is 0 Å². The van der Waals surface area contributed by atoms with E-state index in [0.717, 1.165) is 11.4 Å². The molecule has 0 saturated heterocycles. The molecule has 0 radical (unpaired) electrons. The number of benzene rings is 10. The van der Waals surface area contributed by atoms with E-state index >= 15 is 0 Å². The Labute approximate surface area is 380 Å². The van der Waals surface area contributed by atoms with Crippen LogP contribution in [0.4, 0.5) is 17.1 Å². The van der Waals surface area contributed by atoms with Crippen molar-refractivity contribution < 1.29 is 0 Å². The molecule has 4 aliphatic rings. The van der Waals surface area contributed by atoms with Gasteiger partial charge >= 0.3 is 0 Å². The van der Waals surface area contributed by atoms with E-state index in [9.17, 15) is 0 Å². The summed E-state index contributed by atoms with van der Waals surface area (Å²) < 4.78 is 0. The maximum atomic E-state index is 2.56. The lowest BCUT2D eigenvalue weighted by Crippen LogP contribution is -2.25. The van der Waals surface area contributed by atoms with Crippen molar-refractivity contribution >= 4 is 17.1 Å². The zero-order chi connectivity index (χ0) is 43.0. The van der Waals surface area contributed by atoms with Crippen molar-refractivity contribution in [2.75, 3.05) is 4.90 Å². The molecule has 0 aliphatic heterocycles. The third-order valence-electron chi connectivity index (χ3n) is 15.3. The summed E-state index contributed by atoms with van der Waals surface area (Å²) in [6.45, 7) is 4.76. The minimum atomic E-state index is -0.407. The molecule has 10 aromatic carbocycles. The van der Waals surface area contributed by atoms with E-state index in [4.69, 9.17) is 0 Å². The lowest BCUT2D eigenvalue weighted by molar-refractivity contribution is 0.660. The van der Waals surface area contributed by atoms with Gasteiger partial charge in [-0.05, 0) is 136 Å². The molecule has 304 valence electrons. The van der Waals surface area contributed by atoms with Crippen LogP contribution in [0.15, 0.2) is 224 Å². The predicted molar refractivity (Wildman–Crippen MR) is 270 cm³/mol. The van der Waals surface area contributed by atoms with E-state index in [1.165, 1.54) is 117 Å². The second kappa shape index (κ2) is 13.3. The molecule has 65 heavy (non-hydrogen) atoms. The normalized spacial score (nSPS) is 14.2. The van der Waals surface area contributed by atoms with Gasteiger partial charge in [0.05, 0.1) is 11.1 Å². The lowest BCUT2D eigenvalue weighted by Gasteiger charge is -2.32. The van der Waals surface area contributed by atoms with Crippen molar-refractivity contribution in [2.45, 2.75) is 24.7 Å². The largest absolute Gasteiger partial charge is 0.310 e. The SMILES string of the molecule is CC1(C)c2ccccc2-c2c(N(c3ccc4c(c3)-c3ccccc3-c3ccccc3-c3ccccc3-4)c3ccc4c(c3)-c3ccccc3C43c4ccccc4-c4ccccc43)cccc21. The zero-order valence-electron chi connectivity index (χ0n) is 36.3. The Bertz CT molecular complexity index is 3610. The molecular weight excluding hydrogens is 783 g/mol. The van der Waals surface area contributed by atoms with Crippen LogP contribution in [-0.2, 0) is 10.8 Å². The van der Waals surface area contributed by atoms with Crippen molar-refractivity contribution in [3.8, 4) is 77.9 Å². The van der Waals surface area contributed by atoms with Crippen LogP contribution < -0.4 is 4.90 Å². The molecule has 4 aliphatic carbocycles. The number of rotatable bonds is 3. The summed E-state index contributed by atoms with van der Waals surface area (Å²) in [6.07, 6.45) is 0. The highest BCUT2D eigenvalue weighted by atomic mass is 15.1. The van der Waals surface area contributed by atoms with Gasteiger partial charge in [0.25, 0.3) is 0 Å². The summed E-state index contributed by atoms with van der Waals surface area (Å²) in [6, 6.07) is 84.7. The van der Waals surface area contributed by atoms with Gasteiger partial charge in [-0.3, -0.25) is 0 Å². The average Bonchev–Trinajstić information content (AvgIpc) is 3.92. The molecule has 0 heterocycles. The Morgan fingerprint density at radius 2 is 0.615 bits per heavy atom. The summed E-state index contributed by atoms with van der Waals surface area (Å²) >= 11 is 0. The van der Waals surface area contributed by atoms with Crippen LogP contribution in [0.1, 0.15) is 47.2 Å². The Morgan fingerprint density at radius 1 is 0.262 bits per heavy atom. The van der Waals surface area contributed by atoms with Gasteiger partial charge in [0.2, 0.25) is 0 Å². The molecule has 1 spiro atoms. The monoisotopic (exact) mass is 825 g/mol. The second-order valence-corrected chi connectivity index (χ2v) is 18.7. The van der Waals surface area contributed by atoms with E-state index in [2.05, 4.69) is 243 Å². The molecule has 0 saturated carbocycles. The van der Waals surface area contributed by atoms with Gasteiger partial charge in [0.1, 0.15) is 0 Å². The van der Waals surface area contributed by atoms with Crippen LogP contribution in [0.3, 0.4) is 0 Å². The number of hydrogen-bond donors (Lipinski definition) is 0. The van der Waals surface area contributed by atoms with Gasteiger partial charge in [0.15, 0.2) is 0 Å². The molecule has 0 unspecified atom stereocenters. The van der Waals surface area contributed by atoms with Gasteiger partial charge in [-0.15, -0.1) is 0 Å². The van der Waals surface area contributed by atoms with Gasteiger partial charge in [-0.2, -0.15) is 0 Å². The smallest absolute Gasteiger partial charge is 0.0725 e. The predicted octanol–water partition coefficient (Wildman–Crippen LogP) is 16.8. The summed E-state index contributed by atoms with van der Waals surface area (Å²) in [5.74, 6) is 0. The highest BCUT2D eigenvalue weighted by Gasteiger charge is 2.51. The summed E-state index contributed by atoms with van der Waals surface area (Å²) in [5.41, 5.74) is 28.8. The van der Waals surface area contributed by atoms with Gasteiger partial charge in [0, 0.05) is 22.4 Å². The Balaban J connectivity index is 1.06. The van der Waals surface area contributed by atoms with Crippen molar-refractivity contribution in [1.29, 1.82) is 0 Å². The van der Waals surface area contributed by atoms with Crippen molar-refractivity contribution in [1.82, 2.24) is 0 Å². The van der Waals surface area contributed by atoms with Crippen LogP contribution in [0.25, 0.3) is 77.9 Å². The van der Waals surface area contributed by atoms with Crippen molar-refractivity contribution in [3.05, 3.63) is 258 Å². The molecule has 0 N–H and O–H groups in total. The fourth-order valence-corrected chi connectivity index (χ4v) is 12.6. The third kappa shape index (κ3) is 4.77. The maximum Gasteiger partial charge on any atom is 0.0725 e. The maximum absolute atomic E-state index is 2.56. The van der Waals surface area contributed by atoms with Crippen LogP contribution in [0.5, 0.6) is 0 Å². The minimum absolute atomic E-state index is 0.151. The molecule has 1 nitrogen and oxygen atoms in total. The van der Waals surface area contributed by atoms with Gasteiger partial charge in [-0.1, -0.05) is 208 Å².